The molecule has 0 saturated heterocycles. The molecule has 136 valence electrons. The van der Waals surface area contributed by atoms with E-state index in [4.69, 9.17) is 0 Å². The van der Waals surface area contributed by atoms with Crippen LogP contribution in [0.3, 0.4) is 0 Å². The van der Waals surface area contributed by atoms with Crippen molar-refractivity contribution in [2.24, 2.45) is 0 Å². The smallest absolute Gasteiger partial charge is 0.352 e. The lowest BCUT2D eigenvalue weighted by molar-refractivity contribution is 0.0692. The highest BCUT2D eigenvalue weighted by Gasteiger charge is 2.20. The van der Waals surface area contributed by atoms with Gasteiger partial charge in [0.15, 0.2) is 0 Å². The molecule has 0 amide bonds. The van der Waals surface area contributed by atoms with E-state index in [1.165, 1.54) is 0 Å². The van der Waals surface area contributed by atoms with Crippen LogP contribution in [-0.2, 0) is 6.54 Å². The molecular formula is C22H21N3O2. The first-order chi connectivity index (χ1) is 13.0. The van der Waals surface area contributed by atoms with Gasteiger partial charge in [-0.25, -0.2) is 4.79 Å². The fraction of sp³-hybridized carbons (Fsp3) is 0.182. The Morgan fingerprint density at radius 2 is 1.93 bits per heavy atom. The SMILES string of the molecule is CC(C)c1cccc2c(-c3ccc(Cn4cccn4)cc3)c(C(=O)O)[nH]c12. The van der Waals surface area contributed by atoms with Crippen LogP contribution in [0.15, 0.2) is 60.9 Å². The molecule has 0 saturated carbocycles. The van der Waals surface area contributed by atoms with E-state index in [2.05, 4.69) is 23.9 Å². The van der Waals surface area contributed by atoms with Crippen LogP contribution in [-0.4, -0.2) is 25.8 Å². The van der Waals surface area contributed by atoms with Gasteiger partial charge in [-0.3, -0.25) is 4.68 Å². The van der Waals surface area contributed by atoms with Gasteiger partial charge in [0.05, 0.1) is 12.1 Å². The number of carboxylic acid groups (broad SMARTS) is 1. The Labute approximate surface area is 157 Å². The van der Waals surface area contributed by atoms with Crippen LogP contribution in [0, 0.1) is 0 Å². The molecule has 0 aliphatic rings. The number of aromatic amines is 1. The molecule has 4 rings (SSSR count). The fourth-order valence-corrected chi connectivity index (χ4v) is 3.54. The predicted octanol–water partition coefficient (Wildman–Crippen LogP) is 4.90. The number of carboxylic acids is 1. The Morgan fingerprint density at radius 1 is 1.15 bits per heavy atom. The van der Waals surface area contributed by atoms with Crippen molar-refractivity contribution >= 4 is 16.9 Å². The fourth-order valence-electron chi connectivity index (χ4n) is 3.54. The second kappa shape index (κ2) is 6.76. The molecule has 0 atom stereocenters. The Bertz CT molecular complexity index is 1090. The van der Waals surface area contributed by atoms with E-state index in [1.54, 1.807) is 6.20 Å². The number of rotatable bonds is 5. The first kappa shape index (κ1) is 17.1. The number of aromatic carboxylic acids is 1. The molecule has 0 aliphatic heterocycles. The largest absolute Gasteiger partial charge is 0.477 e. The summed E-state index contributed by atoms with van der Waals surface area (Å²) in [7, 11) is 0. The molecule has 0 unspecified atom stereocenters. The zero-order chi connectivity index (χ0) is 19.0. The summed E-state index contributed by atoms with van der Waals surface area (Å²) in [4.78, 5) is 15.0. The highest BCUT2D eigenvalue weighted by Crippen LogP contribution is 2.36. The second-order valence-electron chi connectivity index (χ2n) is 7.01. The highest BCUT2D eigenvalue weighted by molar-refractivity contribution is 6.08. The van der Waals surface area contributed by atoms with E-state index >= 15 is 0 Å². The molecule has 27 heavy (non-hydrogen) atoms. The van der Waals surface area contributed by atoms with Gasteiger partial charge >= 0.3 is 5.97 Å². The number of fused-ring (bicyclic) bond motifs is 1. The van der Waals surface area contributed by atoms with Crippen molar-refractivity contribution in [1.82, 2.24) is 14.8 Å². The molecule has 4 aromatic rings. The van der Waals surface area contributed by atoms with Crippen molar-refractivity contribution in [3.05, 3.63) is 77.7 Å². The van der Waals surface area contributed by atoms with Crippen LogP contribution in [0.2, 0.25) is 0 Å². The Hall–Kier alpha value is -3.34. The lowest BCUT2D eigenvalue weighted by Crippen LogP contribution is -2.00. The number of carbonyl (C=O) groups is 1. The quantitative estimate of drug-likeness (QED) is 0.532. The molecule has 5 heteroatoms. The zero-order valence-corrected chi connectivity index (χ0v) is 15.3. The van der Waals surface area contributed by atoms with Gasteiger partial charge in [0.2, 0.25) is 0 Å². The van der Waals surface area contributed by atoms with Crippen molar-refractivity contribution in [1.29, 1.82) is 0 Å². The zero-order valence-electron chi connectivity index (χ0n) is 15.3. The molecule has 2 N–H and O–H groups in total. The van der Waals surface area contributed by atoms with Crippen LogP contribution >= 0.6 is 0 Å². The molecule has 0 aliphatic carbocycles. The maximum absolute atomic E-state index is 11.9. The van der Waals surface area contributed by atoms with Crippen molar-refractivity contribution in [3.8, 4) is 11.1 Å². The summed E-state index contributed by atoms with van der Waals surface area (Å²) in [6.07, 6.45) is 3.68. The molecule has 0 spiro atoms. The standard InChI is InChI=1S/C22H21N3O2/c1-14(2)17-5-3-6-18-19(21(22(26)27)24-20(17)18)16-9-7-15(8-10-16)13-25-12-4-11-23-25/h3-12,14,24H,13H2,1-2H3,(H,26,27). The van der Waals surface area contributed by atoms with Gasteiger partial charge in [0, 0.05) is 23.3 Å². The molecule has 5 nitrogen and oxygen atoms in total. The van der Waals surface area contributed by atoms with Gasteiger partial charge in [0.1, 0.15) is 5.69 Å². The van der Waals surface area contributed by atoms with Crippen LogP contribution in [0.1, 0.15) is 41.4 Å². The molecule has 2 heterocycles. The predicted molar refractivity (Wildman–Crippen MR) is 106 cm³/mol. The van der Waals surface area contributed by atoms with E-state index < -0.39 is 5.97 Å². The Kier molecular flexibility index (Phi) is 4.28. The number of para-hydroxylation sites is 1. The minimum absolute atomic E-state index is 0.234. The summed E-state index contributed by atoms with van der Waals surface area (Å²) >= 11 is 0. The van der Waals surface area contributed by atoms with Gasteiger partial charge in [-0.15, -0.1) is 0 Å². The molecule has 0 radical (unpaired) electrons. The van der Waals surface area contributed by atoms with E-state index in [0.717, 1.165) is 33.2 Å². The van der Waals surface area contributed by atoms with Gasteiger partial charge < -0.3 is 10.1 Å². The number of hydrogen-bond acceptors (Lipinski definition) is 2. The average Bonchev–Trinajstić information content (AvgIpc) is 3.29. The Morgan fingerprint density at radius 3 is 2.56 bits per heavy atom. The molecule has 0 fully saturated rings. The lowest BCUT2D eigenvalue weighted by Gasteiger charge is -2.08. The van der Waals surface area contributed by atoms with Crippen LogP contribution in [0.4, 0.5) is 0 Å². The number of nitrogens with zero attached hydrogens (tertiary/aromatic N) is 2. The summed E-state index contributed by atoms with van der Waals surface area (Å²) in [5.74, 6) is -0.644. The summed E-state index contributed by atoms with van der Waals surface area (Å²) in [5.41, 5.74) is 5.01. The van der Waals surface area contributed by atoms with E-state index in [9.17, 15) is 9.90 Å². The summed E-state index contributed by atoms with van der Waals surface area (Å²) in [5, 5.41) is 14.9. The summed E-state index contributed by atoms with van der Waals surface area (Å²) < 4.78 is 1.86. The highest BCUT2D eigenvalue weighted by atomic mass is 16.4. The van der Waals surface area contributed by atoms with Gasteiger partial charge in [-0.2, -0.15) is 5.10 Å². The topological polar surface area (TPSA) is 70.9 Å². The first-order valence-electron chi connectivity index (χ1n) is 8.99. The maximum atomic E-state index is 11.9. The monoisotopic (exact) mass is 359 g/mol. The normalized spacial score (nSPS) is 11.4. The molecule has 2 aromatic heterocycles. The number of benzene rings is 2. The summed E-state index contributed by atoms with van der Waals surface area (Å²) in [6.45, 7) is 4.91. The molecular weight excluding hydrogens is 338 g/mol. The van der Waals surface area contributed by atoms with Crippen molar-refractivity contribution in [2.45, 2.75) is 26.3 Å². The third-order valence-electron chi connectivity index (χ3n) is 4.85. The van der Waals surface area contributed by atoms with E-state index in [-0.39, 0.29) is 5.69 Å². The van der Waals surface area contributed by atoms with Gasteiger partial charge in [-0.05, 0) is 28.7 Å². The van der Waals surface area contributed by atoms with Crippen LogP contribution in [0.5, 0.6) is 0 Å². The van der Waals surface area contributed by atoms with Crippen molar-refractivity contribution in [3.63, 3.8) is 0 Å². The number of hydrogen-bond donors (Lipinski definition) is 2. The van der Waals surface area contributed by atoms with Crippen LogP contribution in [0.25, 0.3) is 22.0 Å². The van der Waals surface area contributed by atoms with Crippen molar-refractivity contribution < 1.29 is 9.90 Å². The number of aromatic nitrogens is 3. The maximum Gasteiger partial charge on any atom is 0.352 e. The number of nitrogens with one attached hydrogen (secondary N) is 1. The third-order valence-corrected chi connectivity index (χ3v) is 4.85. The molecule has 2 aromatic carbocycles. The minimum Gasteiger partial charge on any atom is -0.477 e. The number of H-pyrrole nitrogens is 1. The first-order valence-corrected chi connectivity index (χ1v) is 8.99. The lowest BCUT2D eigenvalue weighted by atomic mass is 9.96. The Balaban J connectivity index is 1.81. The average molecular weight is 359 g/mol. The summed E-state index contributed by atoms with van der Waals surface area (Å²) in [6, 6.07) is 15.9. The minimum atomic E-state index is -0.948. The third kappa shape index (κ3) is 3.12. The van der Waals surface area contributed by atoms with Crippen LogP contribution < -0.4 is 0 Å². The second-order valence-corrected chi connectivity index (χ2v) is 7.01. The van der Waals surface area contributed by atoms with Gasteiger partial charge in [0.25, 0.3) is 0 Å². The van der Waals surface area contributed by atoms with Crippen molar-refractivity contribution in [2.75, 3.05) is 0 Å². The van der Waals surface area contributed by atoms with Gasteiger partial charge in [-0.1, -0.05) is 56.3 Å². The van der Waals surface area contributed by atoms with E-state index in [0.29, 0.717) is 12.5 Å². The van der Waals surface area contributed by atoms with E-state index in [1.807, 2.05) is 59.4 Å². The molecule has 0 bridgehead atoms.